The van der Waals surface area contributed by atoms with Crippen molar-refractivity contribution in [1.82, 2.24) is 4.90 Å². The smallest absolute Gasteiger partial charge is 0.253 e. The summed E-state index contributed by atoms with van der Waals surface area (Å²) in [5.41, 5.74) is 0.235. The second-order valence-electron chi connectivity index (χ2n) is 6.17. The molecule has 0 unspecified atom stereocenters. The first-order chi connectivity index (χ1) is 9.28. The van der Waals surface area contributed by atoms with Gasteiger partial charge in [-0.2, -0.15) is 0 Å². The number of hydrogen-bond acceptors (Lipinski definition) is 2. The van der Waals surface area contributed by atoms with E-state index in [9.17, 15) is 14.3 Å². The van der Waals surface area contributed by atoms with Gasteiger partial charge in [-0.3, -0.25) is 4.79 Å². The van der Waals surface area contributed by atoms with Crippen LogP contribution in [0.2, 0.25) is 5.02 Å². The third-order valence-electron chi connectivity index (χ3n) is 3.59. The maximum atomic E-state index is 13.2. The van der Waals surface area contributed by atoms with Crippen LogP contribution >= 0.6 is 11.6 Å². The molecule has 0 aliphatic carbocycles. The summed E-state index contributed by atoms with van der Waals surface area (Å²) in [6.07, 6.45) is 0.838. The number of aliphatic hydroxyl groups is 1. The second kappa shape index (κ2) is 5.70. The van der Waals surface area contributed by atoms with Crippen LogP contribution in [0.5, 0.6) is 0 Å². The van der Waals surface area contributed by atoms with Gasteiger partial charge < -0.3 is 10.0 Å². The molecule has 1 N–H and O–H groups in total. The predicted molar refractivity (Wildman–Crippen MR) is 76.3 cm³/mol. The Morgan fingerprint density at radius 3 is 2.85 bits per heavy atom. The van der Waals surface area contributed by atoms with Gasteiger partial charge in [0.1, 0.15) is 5.82 Å². The van der Waals surface area contributed by atoms with E-state index in [0.717, 1.165) is 0 Å². The van der Waals surface area contributed by atoms with Crippen LogP contribution in [-0.4, -0.2) is 35.1 Å². The van der Waals surface area contributed by atoms with Crippen LogP contribution in [0.4, 0.5) is 4.39 Å². The monoisotopic (exact) mass is 299 g/mol. The summed E-state index contributed by atoms with van der Waals surface area (Å²) in [7, 11) is 0. The molecule has 3 nitrogen and oxygen atoms in total. The Labute approximate surface area is 123 Å². The summed E-state index contributed by atoms with van der Waals surface area (Å²) in [4.78, 5) is 14.2. The lowest BCUT2D eigenvalue weighted by Gasteiger charge is -2.29. The molecule has 1 atom stereocenters. The summed E-state index contributed by atoms with van der Waals surface area (Å²) in [6.45, 7) is 5.12. The molecule has 1 aromatic rings. The normalized spacial score (nSPS) is 22.4. The van der Waals surface area contributed by atoms with Crippen LogP contribution in [0, 0.1) is 11.2 Å². The molecule has 1 aliphatic rings. The molecular formula is C15H19ClFNO2. The van der Waals surface area contributed by atoms with E-state index >= 15 is 0 Å². The lowest BCUT2D eigenvalue weighted by Crippen LogP contribution is -2.37. The van der Waals surface area contributed by atoms with Crippen LogP contribution < -0.4 is 0 Å². The summed E-state index contributed by atoms with van der Waals surface area (Å²) in [5, 5.41) is 9.82. The highest BCUT2D eigenvalue weighted by molar-refractivity contribution is 6.31. The van der Waals surface area contributed by atoms with Crippen LogP contribution in [-0.2, 0) is 0 Å². The first kappa shape index (κ1) is 15.3. The van der Waals surface area contributed by atoms with E-state index in [0.29, 0.717) is 31.5 Å². The topological polar surface area (TPSA) is 40.5 Å². The molecule has 20 heavy (non-hydrogen) atoms. The fourth-order valence-corrected chi connectivity index (χ4v) is 2.87. The Bertz CT molecular complexity index is 519. The number of likely N-dealkylation sites (tertiary alicyclic amines) is 1. The zero-order chi connectivity index (χ0) is 14.9. The van der Waals surface area contributed by atoms with E-state index in [4.69, 9.17) is 11.6 Å². The summed E-state index contributed by atoms with van der Waals surface area (Å²) < 4.78 is 13.2. The number of rotatable bonds is 1. The van der Waals surface area contributed by atoms with Gasteiger partial charge >= 0.3 is 0 Å². The maximum absolute atomic E-state index is 13.2. The lowest BCUT2D eigenvalue weighted by atomic mass is 9.87. The highest BCUT2D eigenvalue weighted by atomic mass is 35.5. The zero-order valence-electron chi connectivity index (χ0n) is 11.7. The zero-order valence-corrected chi connectivity index (χ0v) is 12.5. The fourth-order valence-electron chi connectivity index (χ4n) is 2.69. The van der Waals surface area contributed by atoms with Gasteiger partial charge in [0, 0.05) is 18.7 Å². The Morgan fingerprint density at radius 2 is 2.20 bits per heavy atom. The number of aliphatic hydroxyl groups excluding tert-OH is 1. The molecule has 1 aliphatic heterocycles. The number of carbonyl (C=O) groups excluding carboxylic acids is 1. The minimum atomic E-state index is -0.533. The minimum absolute atomic E-state index is 0.0510. The first-order valence-corrected chi connectivity index (χ1v) is 7.09. The molecule has 1 heterocycles. The summed E-state index contributed by atoms with van der Waals surface area (Å²) in [6, 6.07) is 4.00. The molecular weight excluding hydrogens is 281 g/mol. The Balaban J connectivity index is 2.21. The van der Waals surface area contributed by atoms with Crippen molar-refractivity contribution in [2.75, 3.05) is 13.1 Å². The van der Waals surface area contributed by atoms with Gasteiger partial charge in [0.15, 0.2) is 0 Å². The molecule has 110 valence electrons. The van der Waals surface area contributed by atoms with Crippen molar-refractivity contribution < 1.29 is 14.3 Å². The van der Waals surface area contributed by atoms with Gasteiger partial charge in [-0.15, -0.1) is 0 Å². The van der Waals surface area contributed by atoms with Gasteiger partial charge in [-0.25, -0.2) is 4.39 Å². The maximum Gasteiger partial charge on any atom is 0.253 e. The Morgan fingerprint density at radius 1 is 1.50 bits per heavy atom. The van der Waals surface area contributed by atoms with Gasteiger partial charge in [-0.1, -0.05) is 25.4 Å². The average Bonchev–Trinajstić information content (AvgIpc) is 2.49. The van der Waals surface area contributed by atoms with E-state index in [2.05, 4.69) is 0 Å². The van der Waals surface area contributed by atoms with E-state index in [1.165, 1.54) is 18.2 Å². The van der Waals surface area contributed by atoms with Crippen LogP contribution in [0.3, 0.4) is 0 Å². The molecule has 2 rings (SSSR count). The van der Waals surface area contributed by atoms with Gasteiger partial charge in [0.25, 0.3) is 5.91 Å². The van der Waals surface area contributed by atoms with E-state index < -0.39 is 5.82 Å². The van der Waals surface area contributed by atoms with Crippen LogP contribution in [0.15, 0.2) is 18.2 Å². The lowest BCUT2D eigenvalue weighted by molar-refractivity contribution is 0.0705. The molecule has 5 heteroatoms. The Kier molecular flexibility index (Phi) is 4.35. The SMILES string of the molecule is CC1(C)C[C@@H](O)CCN(C(=O)c2ccc(F)c(Cl)c2)C1. The average molecular weight is 300 g/mol. The van der Waals surface area contributed by atoms with E-state index in [1.807, 2.05) is 13.8 Å². The standard InChI is InChI=1S/C15H19ClFNO2/c1-15(2)8-11(19)5-6-18(9-15)14(20)10-3-4-13(17)12(16)7-10/h3-4,7,11,19H,5-6,8-9H2,1-2H3/t11-/m0/s1. The summed E-state index contributed by atoms with van der Waals surface area (Å²) >= 11 is 5.72. The minimum Gasteiger partial charge on any atom is -0.393 e. The van der Waals surface area contributed by atoms with Crippen molar-refractivity contribution in [3.05, 3.63) is 34.6 Å². The van der Waals surface area contributed by atoms with Crippen molar-refractivity contribution in [3.63, 3.8) is 0 Å². The van der Waals surface area contributed by atoms with Crippen molar-refractivity contribution in [1.29, 1.82) is 0 Å². The molecule has 1 saturated heterocycles. The molecule has 1 fully saturated rings. The Hall–Kier alpha value is -1.13. The first-order valence-electron chi connectivity index (χ1n) is 6.71. The van der Waals surface area contributed by atoms with Gasteiger partial charge in [-0.05, 0) is 36.5 Å². The van der Waals surface area contributed by atoms with Crippen LogP contribution in [0.25, 0.3) is 0 Å². The van der Waals surface area contributed by atoms with E-state index in [-0.39, 0.29) is 22.4 Å². The molecule has 0 aromatic heterocycles. The third-order valence-corrected chi connectivity index (χ3v) is 3.88. The molecule has 0 bridgehead atoms. The number of halogens is 2. The van der Waals surface area contributed by atoms with Crippen molar-refractivity contribution in [2.45, 2.75) is 32.8 Å². The third kappa shape index (κ3) is 3.49. The number of benzene rings is 1. The van der Waals surface area contributed by atoms with Crippen LogP contribution in [0.1, 0.15) is 37.0 Å². The van der Waals surface area contributed by atoms with Crippen molar-refractivity contribution in [2.24, 2.45) is 5.41 Å². The number of nitrogens with zero attached hydrogens (tertiary/aromatic N) is 1. The molecule has 0 saturated carbocycles. The van der Waals surface area contributed by atoms with Crippen molar-refractivity contribution >= 4 is 17.5 Å². The predicted octanol–water partition coefficient (Wildman–Crippen LogP) is 3.10. The van der Waals surface area contributed by atoms with Crippen molar-refractivity contribution in [3.8, 4) is 0 Å². The molecule has 0 radical (unpaired) electrons. The number of amides is 1. The molecule has 1 amide bonds. The fraction of sp³-hybridized carbons (Fsp3) is 0.533. The van der Waals surface area contributed by atoms with E-state index in [1.54, 1.807) is 4.90 Å². The second-order valence-corrected chi connectivity index (χ2v) is 6.57. The summed E-state index contributed by atoms with van der Waals surface area (Å²) in [5.74, 6) is -0.705. The molecule has 0 spiro atoms. The van der Waals surface area contributed by atoms with Gasteiger partial charge in [0.2, 0.25) is 0 Å². The number of hydrogen-bond donors (Lipinski definition) is 1. The quantitative estimate of drug-likeness (QED) is 0.865. The highest BCUT2D eigenvalue weighted by Crippen LogP contribution is 2.29. The molecule has 1 aromatic carbocycles. The number of carbonyl (C=O) groups is 1. The van der Waals surface area contributed by atoms with Gasteiger partial charge in [0.05, 0.1) is 11.1 Å². The largest absolute Gasteiger partial charge is 0.393 e. The highest BCUT2D eigenvalue weighted by Gasteiger charge is 2.31.